The average molecular weight is 95.1 g/mol. The van der Waals surface area contributed by atoms with E-state index in [1.165, 1.54) is 0 Å². The molecule has 0 saturated carbocycles. The van der Waals surface area contributed by atoms with Crippen molar-refractivity contribution in [2.24, 2.45) is 0 Å². The summed E-state index contributed by atoms with van der Waals surface area (Å²) in [6.07, 6.45) is 7.63. The molecule has 0 unspecified atom stereocenters. The minimum atomic E-state index is 0.833. The predicted octanol–water partition coefficient (Wildman–Crippen LogP) is 0.743. The van der Waals surface area contributed by atoms with Gasteiger partial charge in [0.05, 0.1) is 0 Å². The molecule has 0 aliphatic heterocycles. The van der Waals surface area contributed by atoms with E-state index in [1.807, 2.05) is 6.08 Å². The maximum atomic E-state index is 4.87. The van der Waals surface area contributed by atoms with E-state index in [1.54, 1.807) is 0 Å². The zero-order valence-corrected chi connectivity index (χ0v) is 4.28. The van der Waals surface area contributed by atoms with Crippen molar-refractivity contribution in [3.63, 3.8) is 0 Å². The number of hydrogen-bond acceptors (Lipinski definition) is 1. The summed E-state index contributed by atoms with van der Waals surface area (Å²) >= 11 is 0. The fraction of sp³-hybridized carbons (Fsp3) is 0.333. The molecule has 0 saturated heterocycles. The topological polar surface area (TPSA) is 12.0 Å². The zero-order valence-electron chi connectivity index (χ0n) is 4.28. The minimum Gasteiger partial charge on any atom is -0.346 e. The lowest BCUT2D eigenvalue weighted by atomic mass is 10.4. The molecule has 0 radical (unpaired) electrons. The van der Waals surface area contributed by atoms with Crippen molar-refractivity contribution in [3.8, 4) is 12.5 Å². The third-order valence-corrected chi connectivity index (χ3v) is 0.576. The summed E-state index contributed by atoms with van der Waals surface area (Å²) in [7, 11) is 0. The van der Waals surface area contributed by atoms with Crippen LogP contribution in [0.4, 0.5) is 0 Å². The molecule has 7 heavy (non-hydrogen) atoms. The van der Waals surface area contributed by atoms with Gasteiger partial charge in [-0.3, -0.25) is 0 Å². The highest BCUT2D eigenvalue weighted by molar-refractivity contribution is 4.81. The van der Waals surface area contributed by atoms with Crippen LogP contribution in [0, 0.1) is 12.5 Å². The van der Waals surface area contributed by atoms with Crippen molar-refractivity contribution in [2.75, 3.05) is 6.54 Å². The Hall–Kier alpha value is -0.900. The minimum absolute atomic E-state index is 0.833. The third-order valence-electron chi connectivity index (χ3n) is 0.576. The normalized spacial score (nSPS) is 6.71. The highest BCUT2D eigenvalue weighted by Crippen LogP contribution is 1.71. The van der Waals surface area contributed by atoms with Crippen LogP contribution in [0.5, 0.6) is 0 Å². The molecule has 0 atom stereocenters. The van der Waals surface area contributed by atoms with Crippen LogP contribution in [-0.2, 0) is 0 Å². The van der Waals surface area contributed by atoms with Crippen LogP contribution in [0.3, 0.4) is 0 Å². The van der Waals surface area contributed by atoms with Gasteiger partial charge in [0.25, 0.3) is 0 Å². The Morgan fingerprint density at radius 2 is 2.57 bits per heavy atom. The van der Waals surface area contributed by atoms with Crippen LogP contribution >= 0.6 is 0 Å². The quantitative estimate of drug-likeness (QED) is 0.236. The summed E-state index contributed by atoms with van der Waals surface area (Å²) in [6.45, 7) is 4.36. The Balaban J connectivity index is 2.72. The monoisotopic (exact) mass is 95.1 g/mol. The second-order valence-electron chi connectivity index (χ2n) is 1.15. The predicted molar refractivity (Wildman–Crippen MR) is 31.6 cm³/mol. The molecule has 0 aromatic heterocycles. The van der Waals surface area contributed by atoms with E-state index in [0.29, 0.717) is 0 Å². The van der Waals surface area contributed by atoms with Crippen molar-refractivity contribution in [3.05, 3.63) is 12.7 Å². The van der Waals surface area contributed by atoms with Gasteiger partial charge in [0.1, 0.15) is 0 Å². The lowest BCUT2D eigenvalue weighted by Crippen LogP contribution is -2.04. The van der Waals surface area contributed by atoms with Gasteiger partial charge >= 0.3 is 0 Å². The number of hydrogen-bond donors (Lipinski definition) is 1. The molecule has 0 aromatic rings. The van der Waals surface area contributed by atoms with Crippen molar-refractivity contribution in [1.29, 1.82) is 0 Å². The van der Waals surface area contributed by atoms with Crippen LogP contribution in [-0.4, -0.2) is 6.54 Å². The molecule has 1 heteroatoms. The van der Waals surface area contributed by atoms with Gasteiger partial charge in [-0.25, -0.2) is 0 Å². The van der Waals surface area contributed by atoms with E-state index in [9.17, 15) is 0 Å². The molecule has 0 fully saturated rings. The van der Waals surface area contributed by atoms with Crippen molar-refractivity contribution < 1.29 is 0 Å². The fourth-order valence-corrected chi connectivity index (χ4v) is 0.246. The number of terminal acetylenes is 1. The van der Waals surface area contributed by atoms with Gasteiger partial charge in [-0.05, 0) is 6.42 Å². The Morgan fingerprint density at radius 1 is 1.86 bits per heavy atom. The van der Waals surface area contributed by atoms with Crippen LogP contribution in [0.1, 0.15) is 6.42 Å². The van der Waals surface area contributed by atoms with Crippen molar-refractivity contribution >= 4 is 0 Å². The molecule has 0 aliphatic rings. The summed E-state index contributed by atoms with van der Waals surface area (Å²) in [5, 5.41) is 2.71. The maximum absolute atomic E-state index is 4.87. The van der Waals surface area contributed by atoms with Gasteiger partial charge in [-0.15, -0.1) is 6.58 Å². The highest BCUT2D eigenvalue weighted by Gasteiger charge is 1.70. The molecule has 38 valence electrons. The average Bonchev–Trinajstić information content (AvgIpc) is 1.69. The van der Waals surface area contributed by atoms with Gasteiger partial charge in [-0.1, -0.05) is 12.5 Å². The lowest BCUT2D eigenvalue weighted by molar-refractivity contribution is 0.879. The smallest absolute Gasteiger partial charge is 0.0264 e. The molecular weight excluding hydrogens is 86.1 g/mol. The second kappa shape index (κ2) is 5.10. The van der Waals surface area contributed by atoms with E-state index >= 15 is 0 Å². The fourth-order valence-electron chi connectivity index (χ4n) is 0.246. The van der Waals surface area contributed by atoms with Crippen LogP contribution in [0.2, 0.25) is 0 Å². The first kappa shape index (κ1) is 6.10. The van der Waals surface area contributed by atoms with Crippen molar-refractivity contribution in [2.45, 2.75) is 6.42 Å². The largest absolute Gasteiger partial charge is 0.346 e. The van der Waals surface area contributed by atoms with Gasteiger partial charge in [0, 0.05) is 12.6 Å². The molecular formula is C6H9N. The first-order valence-corrected chi connectivity index (χ1v) is 2.21. The number of nitrogens with one attached hydrogen (secondary N) is 1. The number of rotatable bonds is 3. The van der Waals surface area contributed by atoms with E-state index in [-0.39, 0.29) is 0 Å². The van der Waals surface area contributed by atoms with E-state index in [2.05, 4.69) is 17.9 Å². The molecule has 1 nitrogen and oxygen atoms in total. The summed E-state index contributed by atoms with van der Waals surface area (Å²) in [4.78, 5) is 0. The Labute approximate surface area is 44.4 Å². The molecule has 1 N–H and O–H groups in total. The molecule has 0 amide bonds. The lowest BCUT2D eigenvalue weighted by Gasteiger charge is -1.88. The molecule has 0 spiro atoms. The van der Waals surface area contributed by atoms with Gasteiger partial charge < -0.3 is 5.32 Å². The maximum Gasteiger partial charge on any atom is 0.0264 e. The summed E-state index contributed by atoms with van der Waals surface area (Å²) in [5.74, 6) is 0. The second-order valence-corrected chi connectivity index (χ2v) is 1.15. The van der Waals surface area contributed by atoms with Gasteiger partial charge in [0.2, 0.25) is 0 Å². The molecule has 0 heterocycles. The molecule has 0 aliphatic carbocycles. The van der Waals surface area contributed by atoms with E-state index < -0.39 is 0 Å². The Bertz CT molecular complexity index is 78.7. The zero-order chi connectivity index (χ0) is 5.54. The van der Waals surface area contributed by atoms with Crippen molar-refractivity contribution in [1.82, 2.24) is 5.32 Å². The molecule has 0 rings (SSSR count). The van der Waals surface area contributed by atoms with Gasteiger partial charge in [-0.2, -0.15) is 0 Å². The first-order chi connectivity index (χ1) is 3.41. The van der Waals surface area contributed by atoms with Crippen LogP contribution < -0.4 is 5.32 Å². The molecule has 0 aromatic carbocycles. The van der Waals surface area contributed by atoms with E-state index in [0.717, 1.165) is 13.0 Å². The van der Waals surface area contributed by atoms with Crippen LogP contribution in [0.25, 0.3) is 0 Å². The Kier molecular flexibility index (Phi) is 4.44. The standard InChI is InChI=1S/C6H9N/c1-3-5-6-7-4-2/h2-3,7H,1,5-6H2. The molecule has 0 bridgehead atoms. The summed E-state index contributed by atoms with van der Waals surface area (Å²) < 4.78 is 0. The van der Waals surface area contributed by atoms with E-state index in [4.69, 9.17) is 6.42 Å². The van der Waals surface area contributed by atoms with Crippen LogP contribution in [0.15, 0.2) is 12.7 Å². The van der Waals surface area contributed by atoms with Gasteiger partial charge in [0.15, 0.2) is 0 Å². The third kappa shape index (κ3) is 5.10. The summed E-state index contributed by atoms with van der Waals surface area (Å²) in [6, 6.07) is 2.30. The Morgan fingerprint density at radius 3 is 3.00 bits per heavy atom. The highest BCUT2D eigenvalue weighted by atomic mass is 14.8. The first-order valence-electron chi connectivity index (χ1n) is 2.21. The summed E-state index contributed by atoms with van der Waals surface area (Å²) in [5.41, 5.74) is 0. The SMILES string of the molecule is C#CNCCC=C.